The van der Waals surface area contributed by atoms with Crippen molar-refractivity contribution in [1.82, 2.24) is 0 Å². The van der Waals surface area contributed by atoms with Crippen LogP contribution < -0.4 is 0 Å². The number of carbonyl (C=O) groups excluding carboxylic acids is 2. The predicted octanol–water partition coefficient (Wildman–Crippen LogP) is 28.1. The van der Waals surface area contributed by atoms with Crippen molar-refractivity contribution in [3.63, 3.8) is 0 Å². The van der Waals surface area contributed by atoms with Crippen LogP contribution in [0.25, 0.3) is 0 Å². The van der Waals surface area contributed by atoms with Crippen LogP contribution in [0.1, 0.15) is 361 Å². The van der Waals surface area contributed by atoms with Crippen molar-refractivity contribution in [2.75, 3.05) is 47.5 Å². The first-order valence-electron chi connectivity index (χ1n) is 41.6. The quantitative estimate of drug-likeness (QED) is 0.0211. The van der Waals surface area contributed by atoms with E-state index in [2.05, 4.69) is 160 Å². The summed E-state index contributed by atoms with van der Waals surface area (Å²) in [5.74, 6) is -0.787. The maximum Gasteiger partial charge on any atom is 0.472 e. The molecular weight excluding hydrogens is 1250 g/mol. The van der Waals surface area contributed by atoms with Crippen LogP contribution in [0.15, 0.2) is 146 Å². The van der Waals surface area contributed by atoms with Crippen LogP contribution in [-0.4, -0.2) is 74.9 Å². The molecule has 0 radical (unpaired) electrons. The molecule has 0 bridgehead atoms. The van der Waals surface area contributed by atoms with Gasteiger partial charge in [0.2, 0.25) is 0 Å². The average Bonchev–Trinajstić information content (AvgIpc) is 1.02. The van der Waals surface area contributed by atoms with E-state index in [1.54, 1.807) is 0 Å². The summed E-state index contributed by atoms with van der Waals surface area (Å²) < 4.78 is 34.9. The van der Waals surface area contributed by atoms with Crippen LogP contribution in [0.4, 0.5) is 0 Å². The van der Waals surface area contributed by atoms with Crippen molar-refractivity contribution in [3.05, 3.63) is 146 Å². The Balaban J connectivity index is 3.94. The average molecular weight is 1410 g/mol. The zero-order valence-corrected chi connectivity index (χ0v) is 66.5. The topological polar surface area (TPSA) is 108 Å². The Bertz CT molecular complexity index is 2210. The van der Waals surface area contributed by atoms with Gasteiger partial charge in [-0.2, -0.15) is 0 Å². The van der Waals surface area contributed by atoms with Gasteiger partial charge in [0, 0.05) is 12.8 Å². The highest BCUT2D eigenvalue weighted by atomic mass is 31.2. The Morgan fingerprint density at radius 1 is 0.310 bits per heavy atom. The fourth-order valence-electron chi connectivity index (χ4n) is 11.6. The molecule has 100 heavy (non-hydrogen) atoms. The fraction of sp³-hybridized carbons (Fsp3) is 0.711. The van der Waals surface area contributed by atoms with Gasteiger partial charge >= 0.3 is 19.8 Å². The van der Waals surface area contributed by atoms with Crippen molar-refractivity contribution >= 4 is 19.8 Å². The molecule has 0 fully saturated rings. The zero-order valence-electron chi connectivity index (χ0n) is 65.6. The minimum atomic E-state index is -4.40. The van der Waals surface area contributed by atoms with Crippen molar-refractivity contribution in [2.24, 2.45) is 0 Å². The highest BCUT2D eigenvalue weighted by molar-refractivity contribution is 7.47. The number of rotatable bonds is 76. The molecule has 0 saturated carbocycles. The number of hydrogen-bond acceptors (Lipinski definition) is 7. The summed E-state index contributed by atoms with van der Waals surface area (Å²) in [5.41, 5.74) is 0. The predicted molar refractivity (Wildman–Crippen MR) is 436 cm³/mol. The second-order valence-corrected chi connectivity index (χ2v) is 30.2. The van der Waals surface area contributed by atoms with E-state index in [9.17, 15) is 19.0 Å². The van der Waals surface area contributed by atoms with Crippen molar-refractivity contribution in [1.29, 1.82) is 0 Å². The van der Waals surface area contributed by atoms with Gasteiger partial charge in [0.1, 0.15) is 19.8 Å². The summed E-state index contributed by atoms with van der Waals surface area (Å²) in [6.07, 6.45) is 117. The second-order valence-electron chi connectivity index (χ2n) is 28.7. The van der Waals surface area contributed by atoms with E-state index in [0.29, 0.717) is 17.4 Å². The molecule has 0 aliphatic rings. The summed E-state index contributed by atoms with van der Waals surface area (Å²) in [7, 11) is 1.48. The highest BCUT2D eigenvalue weighted by Gasteiger charge is 2.27. The molecule has 0 aromatic rings. The maximum absolute atomic E-state index is 12.9. The third-order valence-electron chi connectivity index (χ3n) is 17.9. The smallest absolute Gasteiger partial charge is 0.462 e. The number of quaternary nitrogens is 1. The largest absolute Gasteiger partial charge is 0.472 e. The first-order chi connectivity index (χ1) is 49.0. The summed E-state index contributed by atoms with van der Waals surface area (Å²) in [6, 6.07) is 0. The SMILES string of the molecule is CC/C=C\C/C=C\C/C=C\C/C=C\C/C=C\C/C=C\C/C=C\CCCCCCCCCCCCCCCCCC(=O)OC(COC(=O)CCCCCCCCCCCCCCCCCCCCCCCCC/C=C\C/C=C\C/C=C\C/C=C\C/C=C\CC)COP(=O)(O)OCC[N+](C)(C)C. The summed E-state index contributed by atoms with van der Waals surface area (Å²) in [5, 5.41) is 0. The van der Waals surface area contributed by atoms with Gasteiger partial charge in [0.25, 0.3) is 0 Å². The van der Waals surface area contributed by atoms with Crippen LogP contribution in [0.2, 0.25) is 0 Å². The molecule has 0 amide bonds. The minimum absolute atomic E-state index is 0.0289. The van der Waals surface area contributed by atoms with Gasteiger partial charge in [0.15, 0.2) is 6.10 Å². The Kier molecular flexibility index (Phi) is 75.8. The molecule has 0 aromatic carbocycles. The molecule has 1 N–H and O–H groups in total. The van der Waals surface area contributed by atoms with E-state index in [-0.39, 0.29) is 32.0 Å². The monoisotopic (exact) mass is 1410 g/mol. The molecule has 0 rings (SSSR count). The van der Waals surface area contributed by atoms with Crippen LogP contribution in [0.3, 0.4) is 0 Å². The molecule has 2 unspecified atom stereocenters. The van der Waals surface area contributed by atoms with E-state index in [4.69, 9.17) is 18.5 Å². The molecule has 0 heterocycles. The van der Waals surface area contributed by atoms with E-state index in [1.807, 2.05) is 21.1 Å². The van der Waals surface area contributed by atoms with Gasteiger partial charge in [-0.1, -0.05) is 378 Å². The second kappa shape index (κ2) is 79.0. The maximum atomic E-state index is 12.9. The molecule has 0 aliphatic carbocycles. The molecule has 0 spiro atoms. The lowest BCUT2D eigenvalue weighted by Crippen LogP contribution is -2.37. The minimum Gasteiger partial charge on any atom is -0.462 e. The van der Waals surface area contributed by atoms with Gasteiger partial charge < -0.3 is 18.9 Å². The fourth-order valence-corrected chi connectivity index (χ4v) is 12.4. The van der Waals surface area contributed by atoms with Crippen LogP contribution >= 0.6 is 7.82 Å². The lowest BCUT2D eigenvalue weighted by Gasteiger charge is -2.24. The van der Waals surface area contributed by atoms with Crippen LogP contribution in [-0.2, 0) is 32.7 Å². The number of allylic oxidation sites excluding steroid dienone is 24. The van der Waals surface area contributed by atoms with Gasteiger partial charge in [-0.05, 0) is 116 Å². The van der Waals surface area contributed by atoms with Gasteiger partial charge in [0.05, 0.1) is 27.7 Å². The highest BCUT2D eigenvalue weighted by Crippen LogP contribution is 2.43. The van der Waals surface area contributed by atoms with Crippen molar-refractivity contribution in [2.45, 2.75) is 367 Å². The van der Waals surface area contributed by atoms with Crippen molar-refractivity contribution < 1.29 is 42.1 Å². The normalized spacial score (nSPS) is 13.8. The Labute approximate surface area is 618 Å². The van der Waals surface area contributed by atoms with E-state index < -0.39 is 26.5 Å². The molecule has 9 nitrogen and oxygen atoms in total. The number of hydrogen-bond donors (Lipinski definition) is 1. The number of carbonyl (C=O) groups is 2. The standard InChI is InChI=1S/C90H156NO8P/c1-6-8-10-12-14-16-18-20-22-24-26-28-30-32-34-36-38-40-42-44-45-47-48-50-52-54-56-58-60-62-64-66-68-70-72-74-76-78-80-82-89(92)96-86-88(87-98-100(94,95)97-85-84-91(3,4)5)99-90(93)83-81-79-77-75-73-71-69-67-65-63-61-59-57-55-53-51-49-46-43-41-39-37-35-33-31-29-27-25-23-21-19-17-15-13-11-9-7-2/h8-11,14-17,20-23,26-29,32-35,39,41,46,49,88H,6-7,12-13,18-19,24-25,30-31,36-38,40,42-45,47-48,50-87H2,1-5H3/p+1/b10-8-,11-9-,16-14-,17-15-,22-20-,23-21-,28-26-,29-27-,34-32-,35-33-,41-39-,49-46-. The third-order valence-corrected chi connectivity index (χ3v) is 18.8. The Morgan fingerprint density at radius 3 is 0.800 bits per heavy atom. The lowest BCUT2D eigenvalue weighted by atomic mass is 10.0. The van der Waals surface area contributed by atoms with Crippen molar-refractivity contribution in [3.8, 4) is 0 Å². The summed E-state index contributed by atoms with van der Waals surface area (Å²) in [4.78, 5) is 36.0. The number of ether oxygens (including phenoxy) is 2. The number of unbranched alkanes of at least 4 members (excludes halogenated alkanes) is 38. The van der Waals surface area contributed by atoms with Gasteiger partial charge in [-0.3, -0.25) is 18.6 Å². The van der Waals surface area contributed by atoms with Gasteiger partial charge in [-0.15, -0.1) is 0 Å². The first kappa shape index (κ1) is 95.9. The molecule has 574 valence electrons. The van der Waals surface area contributed by atoms with E-state index in [1.165, 1.54) is 212 Å². The zero-order chi connectivity index (χ0) is 72.5. The first-order valence-corrected chi connectivity index (χ1v) is 43.1. The third kappa shape index (κ3) is 82.8. The molecule has 0 aromatic heterocycles. The van der Waals surface area contributed by atoms with E-state index in [0.717, 1.165) is 116 Å². The van der Waals surface area contributed by atoms with Crippen LogP contribution in [0.5, 0.6) is 0 Å². The summed E-state index contributed by atoms with van der Waals surface area (Å²) >= 11 is 0. The van der Waals surface area contributed by atoms with Gasteiger partial charge in [-0.25, -0.2) is 4.57 Å². The number of phosphoric ester groups is 1. The van der Waals surface area contributed by atoms with E-state index >= 15 is 0 Å². The Hall–Kier alpha value is -4.11. The molecule has 0 aliphatic heterocycles. The summed E-state index contributed by atoms with van der Waals surface area (Å²) in [6.45, 7) is 4.24. The number of esters is 2. The number of nitrogens with zero attached hydrogens (tertiary/aromatic N) is 1. The molecule has 10 heteroatoms. The number of likely N-dealkylation sites (N-methyl/N-ethyl adjacent to an activating group) is 1. The molecule has 0 saturated heterocycles. The van der Waals surface area contributed by atoms with Crippen LogP contribution in [0, 0.1) is 0 Å². The number of phosphoric acid groups is 1. The Morgan fingerprint density at radius 2 is 0.540 bits per heavy atom. The molecule has 2 atom stereocenters. The lowest BCUT2D eigenvalue weighted by molar-refractivity contribution is -0.870. The molecular formula is C90H157NO8P+.